The zero-order chi connectivity index (χ0) is 18.6. The summed E-state index contributed by atoms with van der Waals surface area (Å²) in [5, 5.41) is 8.98. The van der Waals surface area contributed by atoms with Crippen LogP contribution in [-0.2, 0) is 6.54 Å². The zero-order valence-electron chi connectivity index (χ0n) is 15.3. The molecule has 0 atom stereocenters. The molecule has 0 aliphatic heterocycles. The molecule has 3 rings (SSSR count). The van der Waals surface area contributed by atoms with Crippen LogP contribution in [0.25, 0.3) is 10.9 Å². The topological polar surface area (TPSA) is 37.0 Å². The molecule has 2 aromatic carbocycles. The number of rotatable bonds is 7. The maximum absolute atomic E-state index is 6.07. The second-order valence-electron chi connectivity index (χ2n) is 6.96. The lowest BCUT2D eigenvalue weighted by molar-refractivity contribution is 0.407. The lowest BCUT2D eigenvalue weighted by Gasteiger charge is -2.27. The van der Waals surface area contributed by atoms with Crippen LogP contribution in [0.5, 0.6) is 0 Å². The number of hydrogen-bond donors (Lipinski definition) is 2. The SMILES string of the molecule is CSc1ccc(CNC(C)(C)CNc2ccnc3cc(Cl)ccc23)cc1. The quantitative estimate of drug-likeness (QED) is 0.520. The highest BCUT2D eigenvalue weighted by atomic mass is 35.5. The second kappa shape index (κ2) is 8.30. The fourth-order valence-electron chi connectivity index (χ4n) is 2.74. The average molecular weight is 386 g/mol. The molecule has 0 amide bonds. The Balaban J connectivity index is 1.62. The number of nitrogens with one attached hydrogen (secondary N) is 2. The van der Waals surface area contributed by atoms with Crippen molar-refractivity contribution in [2.75, 3.05) is 18.1 Å². The van der Waals surface area contributed by atoms with Gasteiger partial charge in [-0.05, 0) is 62.1 Å². The first-order chi connectivity index (χ1) is 12.5. The number of benzene rings is 2. The summed E-state index contributed by atoms with van der Waals surface area (Å²) >= 11 is 7.83. The van der Waals surface area contributed by atoms with Crippen molar-refractivity contribution in [1.29, 1.82) is 0 Å². The van der Waals surface area contributed by atoms with Crippen LogP contribution in [-0.4, -0.2) is 23.3 Å². The van der Waals surface area contributed by atoms with Gasteiger partial charge in [0.25, 0.3) is 0 Å². The summed E-state index contributed by atoms with van der Waals surface area (Å²) in [7, 11) is 0. The van der Waals surface area contributed by atoms with E-state index < -0.39 is 0 Å². The van der Waals surface area contributed by atoms with Gasteiger partial charge in [0.1, 0.15) is 0 Å². The highest BCUT2D eigenvalue weighted by molar-refractivity contribution is 7.98. The Morgan fingerprint density at radius 2 is 1.85 bits per heavy atom. The molecule has 0 spiro atoms. The van der Waals surface area contributed by atoms with Gasteiger partial charge in [0, 0.05) is 45.8 Å². The van der Waals surface area contributed by atoms with E-state index in [9.17, 15) is 0 Å². The average Bonchev–Trinajstić information content (AvgIpc) is 2.65. The van der Waals surface area contributed by atoms with Crippen molar-refractivity contribution in [2.45, 2.75) is 30.8 Å². The van der Waals surface area contributed by atoms with Crippen LogP contribution in [0.2, 0.25) is 5.02 Å². The van der Waals surface area contributed by atoms with Gasteiger partial charge in [0.15, 0.2) is 0 Å². The van der Waals surface area contributed by atoms with Crippen molar-refractivity contribution in [1.82, 2.24) is 10.3 Å². The number of pyridine rings is 1. The van der Waals surface area contributed by atoms with Crippen molar-refractivity contribution in [3.8, 4) is 0 Å². The fraction of sp³-hybridized carbons (Fsp3) is 0.286. The van der Waals surface area contributed by atoms with Gasteiger partial charge in [-0.3, -0.25) is 4.98 Å². The van der Waals surface area contributed by atoms with E-state index in [0.29, 0.717) is 5.02 Å². The number of aromatic nitrogens is 1. The van der Waals surface area contributed by atoms with Crippen LogP contribution in [0.4, 0.5) is 5.69 Å². The van der Waals surface area contributed by atoms with E-state index in [1.807, 2.05) is 30.5 Å². The van der Waals surface area contributed by atoms with Crippen LogP contribution in [0.1, 0.15) is 19.4 Å². The monoisotopic (exact) mass is 385 g/mol. The third kappa shape index (κ3) is 4.91. The first kappa shape index (κ1) is 19.0. The largest absolute Gasteiger partial charge is 0.383 e. The van der Waals surface area contributed by atoms with Crippen LogP contribution in [0.15, 0.2) is 59.6 Å². The minimum Gasteiger partial charge on any atom is -0.383 e. The molecule has 0 bridgehead atoms. The summed E-state index contributed by atoms with van der Waals surface area (Å²) in [5.74, 6) is 0. The smallest absolute Gasteiger partial charge is 0.0737 e. The van der Waals surface area contributed by atoms with Crippen LogP contribution in [0, 0.1) is 0 Å². The minimum absolute atomic E-state index is 0.0554. The van der Waals surface area contributed by atoms with Gasteiger partial charge in [0.05, 0.1) is 5.52 Å². The summed E-state index contributed by atoms with van der Waals surface area (Å²) < 4.78 is 0. The van der Waals surface area contributed by atoms with E-state index in [2.05, 4.69) is 60.0 Å². The summed E-state index contributed by atoms with van der Waals surface area (Å²) in [6.07, 6.45) is 3.91. The molecule has 3 aromatic rings. The van der Waals surface area contributed by atoms with Gasteiger partial charge >= 0.3 is 0 Å². The molecule has 0 aliphatic rings. The molecule has 1 heterocycles. The maximum Gasteiger partial charge on any atom is 0.0737 e. The zero-order valence-corrected chi connectivity index (χ0v) is 16.9. The van der Waals surface area contributed by atoms with Gasteiger partial charge in [0.2, 0.25) is 0 Å². The molecule has 0 unspecified atom stereocenters. The van der Waals surface area contributed by atoms with Crippen molar-refractivity contribution >= 4 is 40.0 Å². The summed E-state index contributed by atoms with van der Waals surface area (Å²) in [5.41, 5.74) is 3.22. The molecule has 0 saturated heterocycles. The van der Waals surface area contributed by atoms with Crippen molar-refractivity contribution in [3.05, 3.63) is 65.3 Å². The predicted molar refractivity (Wildman–Crippen MR) is 114 cm³/mol. The second-order valence-corrected chi connectivity index (χ2v) is 8.28. The third-order valence-electron chi connectivity index (χ3n) is 4.36. The highest BCUT2D eigenvalue weighted by Crippen LogP contribution is 2.25. The molecule has 2 N–H and O–H groups in total. The van der Waals surface area contributed by atoms with Gasteiger partial charge in [-0.25, -0.2) is 0 Å². The molecule has 26 heavy (non-hydrogen) atoms. The maximum atomic E-state index is 6.07. The molecule has 0 saturated carbocycles. The molecular weight excluding hydrogens is 362 g/mol. The van der Waals surface area contributed by atoms with E-state index in [-0.39, 0.29) is 5.54 Å². The molecule has 0 fully saturated rings. The molecule has 0 radical (unpaired) electrons. The Hall–Kier alpha value is -1.75. The van der Waals surface area contributed by atoms with Crippen molar-refractivity contribution in [3.63, 3.8) is 0 Å². The number of halogens is 1. The Labute approximate surface area is 164 Å². The first-order valence-electron chi connectivity index (χ1n) is 8.63. The lowest BCUT2D eigenvalue weighted by Crippen LogP contribution is -2.44. The number of anilines is 1. The van der Waals surface area contributed by atoms with Gasteiger partial charge in [-0.1, -0.05) is 23.7 Å². The van der Waals surface area contributed by atoms with Crippen LogP contribution < -0.4 is 10.6 Å². The Bertz CT molecular complexity index is 878. The molecule has 1 aromatic heterocycles. The number of thioether (sulfide) groups is 1. The lowest BCUT2D eigenvalue weighted by atomic mass is 10.0. The van der Waals surface area contributed by atoms with Crippen molar-refractivity contribution in [2.24, 2.45) is 0 Å². The van der Waals surface area contributed by atoms with Crippen molar-refractivity contribution < 1.29 is 0 Å². The van der Waals surface area contributed by atoms with Crippen LogP contribution in [0.3, 0.4) is 0 Å². The fourth-order valence-corrected chi connectivity index (χ4v) is 3.31. The number of fused-ring (bicyclic) bond motifs is 1. The summed E-state index contributed by atoms with van der Waals surface area (Å²) in [6, 6.07) is 16.5. The summed E-state index contributed by atoms with van der Waals surface area (Å²) in [4.78, 5) is 5.69. The normalized spacial score (nSPS) is 11.7. The Morgan fingerprint density at radius 3 is 2.58 bits per heavy atom. The molecule has 0 aliphatic carbocycles. The first-order valence-corrected chi connectivity index (χ1v) is 10.2. The van der Waals surface area contributed by atoms with E-state index in [4.69, 9.17) is 11.6 Å². The molecule has 3 nitrogen and oxygen atoms in total. The summed E-state index contributed by atoms with van der Waals surface area (Å²) in [6.45, 7) is 6.06. The number of hydrogen-bond acceptors (Lipinski definition) is 4. The number of nitrogens with zero attached hydrogens (tertiary/aromatic N) is 1. The van der Waals surface area contributed by atoms with E-state index in [1.165, 1.54) is 10.5 Å². The van der Waals surface area contributed by atoms with E-state index in [1.54, 1.807) is 11.8 Å². The standard InChI is InChI=1S/C21H24ClN3S/c1-21(2,25-13-15-4-7-17(26-3)8-5-15)14-24-19-10-11-23-20-12-16(22)6-9-18(19)20/h4-12,25H,13-14H2,1-3H3,(H,23,24). The van der Waals surface area contributed by atoms with Crippen LogP contribution >= 0.6 is 23.4 Å². The highest BCUT2D eigenvalue weighted by Gasteiger charge is 2.17. The van der Waals surface area contributed by atoms with E-state index >= 15 is 0 Å². The third-order valence-corrected chi connectivity index (χ3v) is 5.33. The molecular formula is C21H24ClN3S. The Morgan fingerprint density at radius 1 is 1.08 bits per heavy atom. The van der Waals surface area contributed by atoms with Gasteiger partial charge in [-0.15, -0.1) is 11.8 Å². The van der Waals surface area contributed by atoms with Gasteiger partial charge in [-0.2, -0.15) is 0 Å². The van der Waals surface area contributed by atoms with Gasteiger partial charge < -0.3 is 10.6 Å². The molecule has 5 heteroatoms. The predicted octanol–water partition coefficient (Wildman–Crippen LogP) is 5.59. The van der Waals surface area contributed by atoms with E-state index in [0.717, 1.165) is 29.7 Å². The Kier molecular flexibility index (Phi) is 6.07. The minimum atomic E-state index is -0.0554. The molecule has 136 valence electrons.